The van der Waals surface area contributed by atoms with Crippen molar-refractivity contribution in [2.24, 2.45) is 7.05 Å². The van der Waals surface area contributed by atoms with E-state index in [9.17, 15) is 18.0 Å². The monoisotopic (exact) mass is 509 g/mol. The number of carbonyl (C=O) groups excluding carboxylic acids is 1. The fourth-order valence-corrected chi connectivity index (χ4v) is 4.07. The molecule has 35 heavy (non-hydrogen) atoms. The maximum Gasteiger partial charge on any atom is 0.434 e. The second kappa shape index (κ2) is 9.78. The Bertz CT molecular complexity index is 1190. The highest BCUT2D eigenvalue weighted by atomic mass is 35.5. The van der Waals surface area contributed by atoms with Gasteiger partial charge in [-0.2, -0.15) is 18.3 Å². The van der Waals surface area contributed by atoms with Crippen molar-refractivity contribution in [1.29, 1.82) is 0 Å². The van der Waals surface area contributed by atoms with Crippen molar-refractivity contribution in [2.75, 3.05) is 18.4 Å². The van der Waals surface area contributed by atoms with Crippen LogP contribution in [0.15, 0.2) is 36.9 Å². The summed E-state index contributed by atoms with van der Waals surface area (Å²) in [5.74, 6) is -0.162. The molecule has 0 radical (unpaired) electrons. The molecule has 0 bridgehead atoms. The van der Waals surface area contributed by atoms with Crippen molar-refractivity contribution >= 4 is 23.3 Å². The van der Waals surface area contributed by atoms with Crippen LogP contribution in [0.2, 0.25) is 5.02 Å². The first-order valence-corrected chi connectivity index (χ1v) is 11.2. The average molecular weight is 510 g/mol. The van der Waals surface area contributed by atoms with E-state index in [1.54, 1.807) is 30.3 Å². The van der Waals surface area contributed by atoms with Crippen LogP contribution in [-0.2, 0) is 18.0 Å². The maximum atomic E-state index is 13.7. The number of carbonyl (C=O) groups is 1. The molecule has 186 valence electrons. The lowest BCUT2D eigenvalue weighted by molar-refractivity contribution is -0.141. The van der Waals surface area contributed by atoms with Gasteiger partial charge in [0.15, 0.2) is 11.4 Å². The molecule has 3 atom stereocenters. The Balaban J connectivity index is 1.57. The summed E-state index contributed by atoms with van der Waals surface area (Å²) < 4.78 is 45.7. The molecule has 0 aliphatic carbocycles. The molecule has 1 fully saturated rings. The lowest BCUT2D eigenvalue weighted by atomic mass is 10.0. The number of anilines is 1. The molecular weight excluding hydrogens is 487 g/mol. The Morgan fingerprint density at radius 3 is 2.60 bits per heavy atom. The van der Waals surface area contributed by atoms with Crippen molar-refractivity contribution in [3.63, 3.8) is 0 Å². The van der Waals surface area contributed by atoms with Crippen LogP contribution in [0.3, 0.4) is 0 Å². The van der Waals surface area contributed by atoms with E-state index in [1.807, 2.05) is 13.8 Å². The minimum atomic E-state index is -4.57. The summed E-state index contributed by atoms with van der Waals surface area (Å²) in [6.45, 7) is 4.18. The number of ether oxygens (including phenoxy) is 1. The molecule has 9 nitrogen and oxygen atoms in total. The number of nitrogens with zero attached hydrogens (tertiary/aromatic N) is 6. The van der Waals surface area contributed by atoms with Gasteiger partial charge in [-0.1, -0.05) is 11.6 Å². The Labute approximate surface area is 204 Å². The quantitative estimate of drug-likeness (QED) is 0.560. The van der Waals surface area contributed by atoms with Gasteiger partial charge in [-0.05, 0) is 26.0 Å². The van der Waals surface area contributed by atoms with Crippen molar-refractivity contribution in [2.45, 2.75) is 38.3 Å². The van der Waals surface area contributed by atoms with Gasteiger partial charge < -0.3 is 15.0 Å². The van der Waals surface area contributed by atoms with Crippen LogP contribution in [-0.4, -0.2) is 66.9 Å². The molecule has 3 aromatic heterocycles. The first-order chi connectivity index (χ1) is 16.5. The zero-order valence-electron chi connectivity index (χ0n) is 19.1. The molecular formula is C22H23ClF3N7O2. The van der Waals surface area contributed by atoms with Gasteiger partial charge in [-0.15, -0.1) is 0 Å². The standard InChI is InChI=1S/C22H23ClF3N7O2/c1-12-10-33(21(34)20-15(11-32(3)31-20)16-5-4-14(23)6-27-16)17(13(2)35-12)7-29-19-9-28-18(8-30-19)22(24,25)26/h4-6,8-9,11-13,17H,7,10H2,1-3H3,(H,29,30)/t12-,13+,17-/m1/s1. The molecule has 0 aromatic carbocycles. The Morgan fingerprint density at radius 1 is 1.20 bits per heavy atom. The van der Waals surface area contributed by atoms with Crippen LogP contribution in [0.1, 0.15) is 30.0 Å². The van der Waals surface area contributed by atoms with E-state index in [0.29, 0.717) is 29.0 Å². The van der Waals surface area contributed by atoms with E-state index in [0.717, 1.165) is 6.20 Å². The first-order valence-electron chi connectivity index (χ1n) is 10.8. The normalized spacial score (nSPS) is 20.7. The molecule has 4 rings (SSSR count). The van der Waals surface area contributed by atoms with Crippen LogP contribution in [0.25, 0.3) is 11.3 Å². The molecule has 4 heterocycles. The molecule has 1 saturated heterocycles. The highest BCUT2D eigenvalue weighted by molar-refractivity contribution is 6.30. The molecule has 13 heteroatoms. The Kier molecular flexibility index (Phi) is 6.95. The maximum absolute atomic E-state index is 13.7. The second-order valence-corrected chi connectivity index (χ2v) is 8.71. The van der Waals surface area contributed by atoms with Gasteiger partial charge in [0.1, 0.15) is 5.82 Å². The number of hydrogen-bond donors (Lipinski definition) is 1. The molecule has 1 aliphatic heterocycles. The second-order valence-electron chi connectivity index (χ2n) is 8.27. The van der Waals surface area contributed by atoms with Crippen molar-refractivity contribution in [1.82, 2.24) is 29.6 Å². The van der Waals surface area contributed by atoms with Gasteiger partial charge in [0.2, 0.25) is 0 Å². The number of aromatic nitrogens is 5. The van der Waals surface area contributed by atoms with Crippen LogP contribution in [0.4, 0.5) is 19.0 Å². The highest BCUT2D eigenvalue weighted by Gasteiger charge is 2.38. The van der Waals surface area contributed by atoms with Gasteiger partial charge in [-0.25, -0.2) is 9.97 Å². The number of hydrogen-bond acceptors (Lipinski definition) is 7. The predicted octanol–water partition coefficient (Wildman–Crippen LogP) is 3.67. The van der Waals surface area contributed by atoms with Crippen molar-refractivity contribution in [3.05, 3.63) is 53.3 Å². The largest absolute Gasteiger partial charge is 0.434 e. The number of rotatable bonds is 5. The van der Waals surface area contributed by atoms with Gasteiger partial charge >= 0.3 is 6.18 Å². The van der Waals surface area contributed by atoms with E-state index < -0.39 is 17.9 Å². The molecule has 1 aliphatic rings. The molecule has 1 N–H and O–H groups in total. The molecule has 0 unspecified atom stereocenters. The Hall–Kier alpha value is -3.25. The van der Waals surface area contributed by atoms with Gasteiger partial charge in [0.05, 0.1) is 46.9 Å². The van der Waals surface area contributed by atoms with Crippen LogP contribution >= 0.6 is 11.6 Å². The van der Waals surface area contributed by atoms with Crippen LogP contribution in [0, 0.1) is 0 Å². The SMILES string of the molecule is C[C@@H]1CN(C(=O)c2nn(C)cc2-c2ccc(Cl)cn2)[C@H](CNc2cnc(C(F)(F)F)cn2)[C@H](C)O1. The fraction of sp³-hybridized carbons (Fsp3) is 0.409. The average Bonchev–Trinajstić information content (AvgIpc) is 3.19. The molecule has 0 spiro atoms. The third kappa shape index (κ3) is 5.54. The minimum Gasteiger partial charge on any atom is -0.372 e. The Morgan fingerprint density at radius 2 is 1.97 bits per heavy atom. The van der Waals surface area contributed by atoms with Gasteiger partial charge in [-0.3, -0.25) is 14.5 Å². The zero-order chi connectivity index (χ0) is 25.3. The summed E-state index contributed by atoms with van der Waals surface area (Å²) >= 11 is 5.95. The van der Waals surface area contributed by atoms with E-state index in [4.69, 9.17) is 16.3 Å². The van der Waals surface area contributed by atoms with Crippen molar-refractivity contribution < 1.29 is 22.7 Å². The summed E-state index contributed by atoms with van der Waals surface area (Å²) in [6.07, 6.45) is -0.287. The van der Waals surface area contributed by atoms with Crippen LogP contribution in [0.5, 0.6) is 0 Å². The van der Waals surface area contributed by atoms with E-state index >= 15 is 0 Å². The van der Waals surface area contributed by atoms with E-state index in [-0.39, 0.29) is 36.2 Å². The van der Waals surface area contributed by atoms with Crippen LogP contribution < -0.4 is 5.32 Å². The number of nitrogens with one attached hydrogen (secondary N) is 1. The summed E-state index contributed by atoms with van der Waals surface area (Å²) in [5.41, 5.74) is 0.251. The minimum absolute atomic E-state index is 0.153. The topological polar surface area (TPSA) is 98.1 Å². The number of alkyl halides is 3. The summed E-state index contributed by atoms with van der Waals surface area (Å²) in [4.78, 5) is 26.9. The third-order valence-electron chi connectivity index (χ3n) is 5.57. The lowest BCUT2D eigenvalue weighted by Crippen LogP contribution is -2.58. The zero-order valence-corrected chi connectivity index (χ0v) is 19.9. The van der Waals surface area contributed by atoms with Gasteiger partial charge in [0.25, 0.3) is 5.91 Å². The highest BCUT2D eigenvalue weighted by Crippen LogP contribution is 2.28. The molecule has 3 aromatic rings. The summed E-state index contributed by atoms with van der Waals surface area (Å²) in [5, 5.41) is 7.82. The van der Waals surface area contributed by atoms with Gasteiger partial charge in [0, 0.05) is 32.5 Å². The van der Waals surface area contributed by atoms with E-state index in [2.05, 4.69) is 25.4 Å². The lowest BCUT2D eigenvalue weighted by Gasteiger charge is -2.42. The predicted molar refractivity (Wildman–Crippen MR) is 122 cm³/mol. The number of halogens is 4. The smallest absolute Gasteiger partial charge is 0.372 e. The molecule has 0 saturated carbocycles. The summed E-state index contributed by atoms with van der Waals surface area (Å²) in [6, 6.07) is 2.95. The number of aryl methyl sites for hydroxylation is 1. The number of pyridine rings is 1. The number of morpholine rings is 1. The van der Waals surface area contributed by atoms with Crippen molar-refractivity contribution in [3.8, 4) is 11.3 Å². The fourth-order valence-electron chi connectivity index (χ4n) is 3.96. The van der Waals surface area contributed by atoms with E-state index in [1.165, 1.54) is 10.9 Å². The first kappa shape index (κ1) is 24.9. The third-order valence-corrected chi connectivity index (χ3v) is 5.80. The molecule has 1 amide bonds. The number of amides is 1. The summed E-state index contributed by atoms with van der Waals surface area (Å²) in [7, 11) is 1.71.